The Morgan fingerprint density at radius 3 is 2.56 bits per heavy atom. The molecule has 0 spiro atoms. The van der Waals surface area contributed by atoms with Crippen molar-refractivity contribution in [1.29, 1.82) is 0 Å². The van der Waals surface area contributed by atoms with Crippen LogP contribution in [0.4, 0.5) is 5.69 Å². The van der Waals surface area contributed by atoms with E-state index in [-0.39, 0.29) is 17.2 Å². The Balaban J connectivity index is 1.35. The molecule has 1 saturated heterocycles. The van der Waals surface area contributed by atoms with E-state index in [9.17, 15) is 4.79 Å². The van der Waals surface area contributed by atoms with Crippen molar-refractivity contribution < 1.29 is 9.32 Å². The minimum Gasteiger partial charge on any atom is -0.338 e. The molecule has 1 N–H and O–H groups in total. The molecule has 168 valence electrons. The molecule has 2 heterocycles. The lowest BCUT2D eigenvalue weighted by atomic mass is 9.87. The predicted octanol–water partition coefficient (Wildman–Crippen LogP) is 5.49. The lowest BCUT2D eigenvalue weighted by Gasteiger charge is -2.30. The van der Waals surface area contributed by atoms with Crippen molar-refractivity contribution in [3.63, 3.8) is 0 Å². The molecule has 1 unspecified atom stereocenters. The van der Waals surface area contributed by atoms with Crippen LogP contribution in [0.15, 0.2) is 53.1 Å². The summed E-state index contributed by atoms with van der Waals surface area (Å²) in [6.45, 7) is 8.75. The van der Waals surface area contributed by atoms with Crippen molar-refractivity contribution >= 4 is 34.2 Å². The Morgan fingerprint density at radius 2 is 1.88 bits per heavy atom. The number of halogens is 1. The fraction of sp³-hybridized carbons (Fsp3) is 0.400. The van der Waals surface area contributed by atoms with E-state index in [1.54, 1.807) is 0 Å². The van der Waals surface area contributed by atoms with E-state index in [4.69, 9.17) is 4.52 Å². The van der Waals surface area contributed by atoms with Crippen LogP contribution in [0.1, 0.15) is 45.1 Å². The van der Waals surface area contributed by atoms with Crippen LogP contribution in [-0.4, -0.2) is 34.0 Å². The van der Waals surface area contributed by atoms with Crippen LogP contribution in [0.2, 0.25) is 0 Å². The number of nitrogens with one attached hydrogen (secondary N) is 1. The maximum absolute atomic E-state index is 12.7. The van der Waals surface area contributed by atoms with E-state index >= 15 is 0 Å². The smallest absolute Gasteiger partial charge is 0.241 e. The molecule has 3 aromatic rings. The number of hydrogen-bond donors (Lipinski definition) is 1. The minimum atomic E-state index is -0.0460. The number of hydrogen-bond acceptors (Lipinski definition) is 5. The Morgan fingerprint density at radius 1 is 1.16 bits per heavy atom. The molecule has 1 fully saturated rings. The molecule has 1 aromatic heterocycles. The number of benzene rings is 2. The van der Waals surface area contributed by atoms with Gasteiger partial charge < -0.3 is 9.84 Å². The molecular formula is C25H29IN4O2. The first kappa shape index (κ1) is 22.9. The van der Waals surface area contributed by atoms with E-state index in [2.05, 4.69) is 75.9 Å². The largest absolute Gasteiger partial charge is 0.338 e. The summed E-state index contributed by atoms with van der Waals surface area (Å²) in [5.41, 5.74) is 3.16. The third-order valence-electron chi connectivity index (χ3n) is 5.82. The van der Waals surface area contributed by atoms with Gasteiger partial charge in [-0.1, -0.05) is 50.2 Å². The molecule has 2 aromatic carbocycles. The molecule has 32 heavy (non-hydrogen) atoms. The summed E-state index contributed by atoms with van der Waals surface area (Å²) >= 11 is 2.26. The molecule has 7 heteroatoms. The van der Waals surface area contributed by atoms with Crippen molar-refractivity contribution in [3.05, 3.63) is 63.6 Å². The Labute approximate surface area is 202 Å². The zero-order valence-electron chi connectivity index (χ0n) is 18.8. The van der Waals surface area contributed by atoms with Gasteiger partial charge >= 0.3 is 0 Å². The third kappa shape index (κ3) is 5.75. The molecule has 1 atom stereocenters. The van der Waals surface area contributed by atoms with Gasteiger partial charge in [0.2, 0.25) is 17.6 Å². The SMILES string of the molecule is CC(C)(C)c1ccc(-c2noc(CN3CCCC(C(=O)Nc4ccc(I)cc4)C3)n2)cc1. The van der Waals surface area contributed by atoms with Gasteiger partial charge in [0.1, 0.15) is 0 Å². The Bertz CT molecular complexity index is 1050. The summed E-state index contributed by atoms with van der Waals surface area (Å²) < 4.78 is 6.66. The van der Waals surface area contributed by atoms with Crippen molar-refractivity contribution in [2.75, 3.05) is 18.4 Å². The van der Waals surface area contributed by atoms with Gasteiger partial charge in [0, 0.05) is 21.4 Å². The Hall–Kier alpha value is -2.26. The number of aromatic nitrogens is 2. The van der Waals surface area contributed by atoms with Crippen LogP contribution in [0.25, 0.3) is 11.4 Å². The molecule has 1 aliphatic heterocycles. The number of carbonyl (C=O) groups excluding carboxylic acids is 1. The zero-order chi connectivity index (χ0) is 22.7. The number of rotatable bonds is 5. The van der Waals surface area contributed by atoms with Gasteiger partial charge in [-0.25, -0.2) is 0 Å². The lowest BCUT2D eigenvalue weighted by molar-refractivity contribution is -0.121. The summed E-state index contributed by atoms with van der Waals surface area (Å²) in [6.07, 6.45) is 1.86. The summed E-state index contributed by atoms with van der Waals surface area (Å²) in [5, 5.41) is 7.21. The highest BCUT2D eigenvalue weighted by molar-refractivity contribution is 14.1. The van der Waals surface area contributed by atoms with Gasteiger partial charge in [-0.3, -0.25) is 9.69 Å². The number of piperidine rings is 1. The molecular weight excluding hydrogens is 515 g/mol. The maximum atomic E-state index is 12.7. The number of amides is 1. The van der Waals surface area contributed by atoms with E-state index in [0.717, 1.165) is 34.2 Å². The Kier molecular flexibility index (Phi) is 6.95. The predicted molar refractivity (Wildman–Crippen MR) is 134 cm³/mol. The highest BCUT2D eigenvalue weighted by Crippen LogP contribution is 2.26. The van der Waals surface area contributed by atoms with Gasteiger partial charge in [-0.15, -0.1) is 0 Å². The summed E-state index contributed by atoms with van der Waals surface area (Å²) in [5.74, 6) is 1.21. The van der Waals surface area contributed by atoms with Crippen LogP contribution in [0.3, 0.4) is 0 Å². The second-order valence-electron chi connectivity index (χ2n) is 9.41. The van der Waals surface area contributed by atoms with E-state index in [0.29, 0.717) is 24.8 Å². The number of anilines is 1. The average molecular weight is 544 g/mol. The van der Waals surface area contributed by atoms with Gasteiger partial charge in [0.15, 0.2) is 0 Å². The lowest BCUT2D eigenvalue weighted by Crippen LogP contribution is -2.40. The van der Waals surface area contributed by atoms with Crippen LogP contribution >= 0.6 is 22.6 Å². The normalized spacial score (nSPS) is 17.3. The van der Waals surface area contributed by atoms with Crippen molar-refractivity contribution in [3.8, 4) is 11.4 Å². The zero-order valence-corrected chi connectivity index (χ0v) is 20.9. The second kappa shape index (κ2) is 9.70. The molecule has 0 aliphatic carbocycles. The van der Waals surface area contributed by atoms with Crippen LogP contribution < -0.4 is 5.32 Å². The summed E-state index contributed by atoms with van der Waals surface area (Å²) in [4.78, 5) is 19.6. The highest BCUT2D eigenvalue weighted by atomic mass is 127. The van der Waals surface area contributed by atoms with Crippen molar-refractivity contribution in [2.24, 2.45) is 5.92 Å². The van der Waals surface area contributed by atoms with E-state index in [1.807, 2.05) is 36.4 Å². The number of carbonyl (C=O) groups is 1. The fourth-order valence-electron chi connectivity index (χ4n) is 3.94. The first-order chi connectivity index (χ1) is 15.3. The van der Waals surface area contributed by atoms with Gasteiger partial charge in [0.05, 0.1) is 12.5 Å². The first-order valence-corrected chi connectivity index (χ1v) is 12.1. The highest BCUT2D eigenvalue weighted by Gasteiger charge is 2.27. The quantitative estimate of drug-likeness (QED) is 0.431. The topological polar surface area (TPSA) is 71.3 Å². The molecule has 0 saturated carbocycles. The first-order valence-electron chi connectivity index (χ1n) is 11.0. The van der Waals surface area contributed by atoms with Gasteiger partial charge in [-0.2, -0.15) is 4.98 Å². The number of likely N-dealkylation sites (tertiary alicyclic amines) is 1. The van der Waals surface area contributed by atoms with E-state index < -0.39 is 0 Å². The summed E-state index contributed by atoms with van der Waals surface area (Å²) in [7, 11) is 0. The molecule has 6 nitrogen and oxygen atoms in total. The monoisotopic (exact) mass is 544 g/mol. The summed E-state index contributed by atoms with van der Waals surface area (Å²) in [6, 6.07) is 16.2. The maximum Gasteiger partial charge on any atom is 0.241 e. The van der Waals surface area contributed by atoms with E-state index in [1.165, 1.54) is 5.56 Å². The van der Waals surface area contributed by atoms with Crippen LogP contribution in [0.5, 0.6) is 0 Å². The van der Waals surface area contributed by atoms with Gasteiger partial charge in [0.25, 0.3) is 0 Å². The third-order valence-corrected chi connectivity index (χ3v) is 6.54. The molecule has 0 radical (unpaired) electrons. The van der Waals surface area contributed by atoms with Crippen LogP contribution in [-0.2, 0) is 16.8 Å². The van der Waals surface area contributed by atoms with Crippen LogP contribution in [0, 0.1) is 9.49 Å². The molecule has 4 rings (SSSR count). The van der Waals surface area contributed by atoms with Crippen molar-refractivity contribution in [2.45, 2.75) is 45.6 Å². The molecule has 1 amide bonds. The number of nitrogens with zero attached hydrogens (tertiary/aromatic N) is 3. The van der Waals surface area contributed by atoms with Crippen molar-refractivity contribution in [1.82, 2.24) is 15.0 Å². The standard InChI is InChI=1S/C25H29IN4O2/c1-25(2,3)19-8-6-17(7-9-19)23-28-22(32-29-23)16-30-14-4-5-18(15-30)24(31)27-21-12-10-20(26)11-13-21/h6-13,18H,4-5,14-16H2,1-3H3,(H,27,31). The van der Waals surface area contributed by atoms with Gasteiger partial charge in [-0.05, 0) is 77.2 Å². The average Bonchev–Trinajstić information content (AvgIpc) is 3.23. The minimum absolute atomic E-state index is 0.0460. The molecule has 0 bridgehead atoms. The fourth-order valence-corrected chi connectivity index (χ4v) is 4.30. The second-order valence-corrected chi connectivity index (χ2v) is 10.7. The molecule has 1 aliphatic rings.